The molecule has 4 heteroatoms. The predicted octanol–water partition coefficient (Wildman–Crippen LogP) is 14.6. The third-order valence-corrected chi connectivity index (χ3v) is 8.94. The zero-order chi connectivity index (χ0) is 36.4. The summed E-state index contributed by atoms with van der Waals surface area (Å²) in [7, 11) is 11.0. The topological polar surface area (TPSA) is 0 Å². The van der Waals surface area contributed by atoms with Gasteiger partial charge in [0.15, 0.2) is 0 Å². The number of aryl methyl sites for hydroxylation is 3. The number of fused-ring (bicyclic) bond motifs is 2. The summed E-state index contributed by atoms with van der Waals surface area (Å²) in [4.78, 5) is 0. The van der Waals surface area contributed by atoms with Crippen LogP contribution in [0.2, 0.25) is 13.1 Å². The summed E-state index contributed by atoms with van der Waals surface area (Å²) in [5.41, 5.74) is 12.8. The Hall–Kier alpha value is -2.22. The van der Waals surface area contributed by atoms with E-state index in [9.17, 15) is 0 Å². The Morgan fingerprint density at radius 2 is 1.08 bits per heavy atom. The standard InChI is InChI=1S/C22H25.C21H23.C2H6Si.2ClH.Zr/c1-6-19-15(2)14-17-8-7-9-20(21(17)19)16-10-12-18(13-11-16)22(3,4)5;1-5-15-13-17-7-6-8-19(20(17)14-15)16-9-11-18(12-10-16)21(2,3)4;1-3-2;;;/h7-14H,6H2,1-5H3;6-14H,5H2,1-4H3;1-2H3;2*1H;/q2*-1;;;;+4/p-2. The molecule has 6 aromatic rings. The van der Waals surface area contributed by atoms with Gasteiger partial charge < -0.3 is 0 Å². The minimum absolute atomic E-state index is 0.204. The van der Waals surface area contributed by atoms with Crippen molar-refractivity contribution in [1.29, 1.82) is 0 Å². The SMILES string of the molecule is CCc1c(C)[cH-]c2cccc(-c3ccc(C(C)(C)C)cc3)c12.CCc1cc2c(-c3ccc(C(C)(C)C)cc3)cccc2[cH-]1.C[Si]C.[Cl][Zr+2][Cl]. The summed E-state index contributed by atoms with van der Waals surface area (Å²) in [5, 5.41) is 5.53. The molecule has 0 spiro atoms. The van der Waals surface area contributed by atoms with E-state index in [1.165, 1.54) is 71.6 Å². The zero-order valence-corrected chi connectivity index (χ0v) is 36.5. The third-order valence-electron chi connectivity index (χ3n) is 8.94. The zero-order valence-electron chi connectivity index (χ0n) is 31.5. The molecule has 0 aliphatic rings. The summed E-state index contributed by atoms with van der Waals surface area (Å²) in [5.74, 6) is 0. The van der Waals surface area contributed by atoms with Crippen molar-refractivity contribution in [2.75, 3.05) is 0 Å². The Kier molecular flexibility index (Phi) is 15.9. The first-order valence-electron chi connectivity index (χ1n) is 17.4. The van der Waals surface area contributed by atoms with E-state index < -0.39 is 20.8 Å². The fourth-order valence-corrected chi connectivity index (χ4v) is 6.29. The monoisotopic (exact) mass is 782 g/mol. The van der Waals surface area contributed by atoms with Crippen molar-refractivity contribution in [3.8, 4) is 22.3 Å². The molecular weight excluding hydrogens is 731 g/mol. The molecule has 0 saturated heterocycles. The Morgan fingerprint density at radius 1 is 0.633 bits per heavy atom. The summed E-state index contributed by atoms with van der Waals surface area (Å²) in [6, 6.07) is 38.4. The molecule has 256 valence electrons. The van der Waals surface area contributed by atoms with E-state index in [4.69, 9.17) is 17.0 Å². The molecular formula is C45H54Cl2SiZr. The van der Waals surface area contributed by atoms with Crippen molar-refractivity contribution in [3.05, 3.63) is 131 Å². The average molecular weight is 785 g/mol. The molecule has 6 aromatic carbocycles. The van der Waals surface area contributed by atoms with Crippen LogP contribution < -0.4 is 0 Å². The summed E-state index contributed by atoms with van der Waals surface area (Å²) < 4.78 is 0. The van der Waals surface area contributed by atoms with E-state index in [1.54, 1.807) is 0 Å². The summed E-state index contributed by atoms with van der Waals surface area (Å²) in [6.45, 7) is 24.6. The van der Waals surface area contributed by atoms with Gasteiger partial charge >= 0.3 is 37.9 Å². The number of rotatable bonds is 4. The second-order valence-corrected chi connectivity index (χ2v) is 19.4. The van der Waals surface area contributed by atoms with E-state index in [2.05, 4.69) is 179 Å². The van der Waals surface area contributed by atoms with Gasteiger partial charge in [0.05, 0.1) is 0 Å². The van der Waals surface area contributed by atoms with Crippen molar-refractivity contribution in [1.82, 2.24) is 0 Å². The fraction of sp³-hybridized carbons (Fsp3) is 0.333. The van der Waals surface area contributed by atoms with Crippen LogP contribution in [-0.4, -0.2) is 9.52 Å². The Bertz CT molecular complexity index is 1880. The molecule has 0 heterocycles. The van der Waals surface area contributed by atoms with E-state index in [0.29, 0.717) is 0 Å². The first-order chi connectivity index (χ1) is 23.2. The van der Waals surface area contributed by atoms with Gasteiger partial charge in [0.1, 0.15) is 0 Å². The average Bonchev–Trinajstić information content (AvgIpc) is 3.65. The Labute approximate surface area is 318 Å². The number of halogens is 2. The second-order valence-electron chi connectivity index (χ2n) is 14.7. The first kappa shape index (κ1) is 41.2. The number of hydrogen-bond acceptors (Lipinski definition) is 0. The first-order valence-corrected chi connectivity index (χ1v) is 25.7. The van der Waals surface area contributed by atoms with E-state index in [1.807, 2.05) is 0 Å². The molecule has 0 amide bonds. The molecule has 0 aromatic heterocycles. The molecule has 6 rings (SSSR count). The van der Waals surface area contributed by atoms with Gasteiger partial charge in [0.25, 0.3) is 0 Å². The Morgan fingerprint density at radius 3 is 1.53 bits per heavy atom. The van der Waals surface area contributed by atoms with Crippen LogP contribution in [0.4, 0.5) is 0 Å². The molecule has 0 unspecified atom stereocenters. The molecule has 0 fully saturated rings. The van der Waals surface area contributed by atoms with Gasteiger partial charge in [-0.1, -0.05) is 154 Å². The van der Waals surface area contributed by atoms with E-state index >= 15 is 0 Å². The molecule has 0 bridgehead atoms. The van der Waals surface area contributed by atoms with Gasteiger partial charge in [-0.15, -0.1) is 69.1 Å². The predicted molar refractivity (Wildman–Crippen MR) is 220 cm³/mol. The van der Waals surface area contributed by atoms with Crippen LogP contribution in [0.3, 0.4) is 0 Å². The summed E-state index contributed by atoms with van der Waals surface area (Å²) >= 11 is -0.826. The molecule has 0 aliphatic heterocycles. The van der Waals surface area contributed by atoms with Crippen molar-refractivity contribution >= 4 is 48.1 Å². The van der Waals surface area contributed by atoms with Crippen LogP contribution in [0.25, 0.3) is 43.8 Å². The van der Waals surface area contributed by atoms with Crippen LogP contribution in [0.1, 0.15) is 83.2 Å². The normalized spacial score (nSPS) is 11.1. The van der Waals surface area contributed by atoms with Crippen LogP contribution in [0, 0.1) is 6.92 Å². The second kappa shape index (κ2) is 18.9. The summed E-state index contributed by atoms with van der Waals surface area (Å²) in [6.07, 6.45) is 2.18. The third kappa shape index (κ3) is 10.9. The van der Waals surface area contributed by atoms with Gasteiger partial charge in [0.2, 0.25) is 0 Å². The van der Waals surface area contributed by atoms with Crippen molar-refractivity contribution in [3.63, 3.8) is 0 Å². The maximum atomic E-state index is 4.93. The van der Waals surface area contributed by atoms with Gasteiger partial charge in [-0.05, 0) is 39.5 Å². The van der Waals surface area contributed by atoms with Crippen LogP contribution >= 0.6 is 17.0 Å². The van der Waals surface area contributed by atoms with Crippen LogP contribution in [0.5, 0.6) is 0 Å². The molecule has 0 aliphatic carbocycles. The fourth-order valence-electron chi connectivity index (χ4n) is 6.29. The van der Waals surface area contributed by atoms with E-state index in [0.717, 1.165) is 22.4 Å². The molecule has 0 nitrogen and oxygen atoms in total. The van der Waals surface area contributed by atoms with Crippen LogP contribution in [0.15, 0.2) is 103 Å². The van der Waals surface area contributed by atoms with Crippen molar-refractivity contribution < 1.29 is 20.8 Å². The molecule has 0 N–H and O–H groups in total. The maximum absolute atomic E-state index is 4.93. The van der Waals surface area contributed by atoms with Gasteiger partial charge in [-0.25, -0.2) is 0 Å². The molecule has 49 heavy (non-hydrogen) atoms. The minimum atomic E-state index is -0.826. The molecule has 0 atom stereocenters. The number of hydrogen-bond donors (Lipinski definition) is 0. The van der Waals surface area contributed by atoms with Crippen LogP contribution in [-0.2, 0) is 44.5 Å². The van der Waals surface area contributed by atoms with Gasteiger partial charge in [0, 0.05) is 9.52 Å². The van der Waals surface area contributed by atoms with Crippen molar-refractivity contribution in [2.45, 2.75) is 99.1 Å². The Balaban J connectivity index is 0.000000229. The molecule has 0 saturated carbocycles. The quantitative estimate of drug-likeness (QED) is 0.123. The van der Waals surface area contributed by atoms with Gasteiger partial charge in [-0.2, -0.15) is 11.6 Å². The van der Waals surface area contributed by atoms with Gasteiger partial charge in [-0.3, -0.25) is 0 Å². The van der Waals surface area contributed by atoms with Crippen molar-refractivity contribution in [2.24, 2.45) is 0 Å². The van der Waals surface area contributed by atoms with E-state index in [-0.39, 0.29) is 10.8 Å². The molecule has 2 radical (unpaired) electrons. The number of benzene rings is 4.